The van der Waals surface area contributed by atoms with E-state index in [1.54, 1.807) is 0 Å². The van der Waals surface area contributed by atoms with Gasteiger partial charge in [-0.2, -0.15) is 0 Å². The van der Waals surface area contributed by atoms with Crippen LogP contribution in [0.5, 0.6) is 0 Å². The van der Waals surface area contributed by atoms with Gasteiger partial charge in [0.15, 0.2) is 6.54 Å². The number of nitrogens with zero attached hydrogens (tertiary/aromatic N) is 1. The van der Waals surface area contributed by atoms with E-state index in [1.165, 1.54) is 24.8 Å². The maximum absolute atomic E-state index is 12.7. The number of hydrogen-bond donors (Lipinski definition) is 1. The fourth-order valence-electron chi connectivity index (χ4n) is 3.66. The van der Waals surface area contributed by atoms with Gasteiger partial charge in [-0.1, -0.05) is 44.2 Å². The Morgan fingerprint density at radius 1 is 1.22 bits per heavy atom. The number of quaternary nitrogens is 1. The van der Waals surface area contributed by atoms with Gasteiger partial charge in [-0.25, -0.2) is 0 Å². The summed E-state index contributed by atoms with van der Waals surface area (Å²) in [5.74, 6) is 1.75. The Kier molecular flexibility index (Phi) is 6.64. The third kappa shape index (κ3) is 5.07. The van der Waals surface area contributed by atoms with Crippen molar-refractivity contribution in [2.45, 2.75) is 65.6 Å². The first-order valence-electron chi connectivity index (χ1n) is 9.15. The van der Waals surface area contributed by atoms with Crippen molar-refractivity contribution < 1.29 is 10.1 Å². The second-order valence-corrected chi connectivity index (χ2v) is 7.47. The molecule has 1 aliphatic carbocycles. The fraction of sp³-hybridized carbons (Fsp3) is 0.650. The predicted molar refractivity (Wildman–Crippen MR) is 94.9 cm³/mol. The molecule has 1 saturated carbocycles. The molecule has 1 aromatic rings. The van der Waals surface area contributed by atoms with Crippen molar-refractivity contribution in [2.24, 2.45) is 11.8 Å². The van der Waals surface area contributed by atoms with Crippen molar-refractivity contribution in [3.63, 3.8) is 0 Å². The fourth-order valence-corrected chi connectivity index (χ4v) is 3.66. The molecule has 0 heterocycles. The molecule has 0 unspecified atom stereocenters. The van der Waals surface area contributed by atoms with E-state index in [-0.39, 0.29) is 11.9 Å². The molecule has 0 aromatic heterocycles. The van der Waals surface area contributed by atoms with Gasteiger partial charge in [-0.15, -0.1) is 0 Å². The minimum atomic E-state index is 0.235. The number of carbonyl (C=O) groups excluding carboxylic acids is 1. The molecule has 0 saturated heterocycles. The summed E-state index contributed by atoms with van der Waals surface area (Å²) in [4.78, 5) is 14.7. The summed E-state index contributed by atoms with van der Waals surface area (Å²) in [7, 11) is 0. The van der Waals surface area contributed by atoms with Crippen molar-refractivity contribution >= 4 is 5.91 Å². The zero-order valence-electron chi connectivity index (χ0n) is 15.2. The minimum absolute atomic E-state index is 0.235. The molecule has 0 bridgehead atoms. The zero-order chi connectivity index (χ0) is 16.8. The lowest BCUT2D eigenvalue weighted by atomic mass is 9.78. The second kappa shape index (κ2) is 8.49. The van der Waals surface area contributed by atoms with E-state index in [2.05, 4.69) is 45.1 Å². The predicted octanol–water partition coefficient (Wildman–Crippen LogP) is 2.81. The molecule has 0 radical (unpaired) electrons. The molecule has 3 heteroatoms. The van der Waals surface area contributed by atoms with E-state index < -0.39 is 0 Å². The number of nitrogens with two attached hydrogens (primary N) is 1. The maximum atomic E-state index is 12.7. The highest BCUT2D eigenvalue weighted by Gasteiger charge is 2.30. The Bertz CT molecular complexity index is 486. The molecule has 0 spiro atoms. The normalized spacial score (nSPS) is 24.7. The van der Waals surface area contributed by atoms with Gasteiger partial charge in [0, 0.05) is 18.5 Å². The van der Waals surface area contributed by atoms with Gasteiger partial charge in [0.1, 0.15) is 0 Å². The standard InChI is InChI=1S/C20H32N2O/c1-15(2)22(14-18-10-6-5-7-11-18)20(23)13-21-19-12-8-9-16(3)17(19)4/h5-7,10-11,15-17,19,21H,8-9,12-14H2,1-4H3/p+1/t16-,17+,19+/m0/s1. The molecule has 1 aliphatic rings. The summed E-state index contributed by atoms with van der Waals surface area (Å²) in [5.41, 5.74) is 1.20. The first kappa shape index (κ1) is 18.0. The van der Waals surface area contributed by atoms with E-state index in [0.717, 1.165) is 5.92 Å². The molecule has 1 amide bonds. The molecular formula is C20H33N2O+. The molecule has 2 rings (SSSR count). The number of amides is 1. The highest BCUT2D eigenvalue weighted by atomic mass is 16.2. The highest BCUT2D eigenvalue weighted by Crippen LogP contribution is 2.27. The van der Waals surface area contributed by atoms with Crippen molar-refractivity contribution in [1.29, 1.82) is 0 Å². The van der Waals surface area contributed by atoms with E-state index in [9.17, 15) is 4.79 Å². The molecule has 1 fully saturated rings. The average molecular weight is 317 g/mol. The Morgan fingerprint density at radius 3 is 2.57 bits per heavy atom. The molecule has 23 heavy (non-hydrogen) atoms. The summed E-state index contributed by atoms with van der Waals surface area (Å²) in [6.45, 7) is 10.2. The largest absolute Gasteiger partial charge is 0.336 e. The van der Waals surface area contributed by atoms with Crippen molar-refractivity contribution in [1.82, 2.24) is 4.90 Å². The lowest BCUT2D eigenvalue weighted by molar-refractivity contribution is -0.689. The van der Waals surface area contributed by atoms with Gasteiger partial charge >= 0.3 is 0 Å². The summed E-state index contributed by atoms with van der Waals surface area (Å²) in [6, 6.07) is 11.1. The maximum Gasteiger partial charge on any atom is 0.278 e. The molecule has 128 valence electrons. The number of rotatable bonds is 6. The summed E-state index contributed by atoms with van der Waals surface area (Å²) in [5, 5.41) is 2.29. The molecule has 2 N–H and O–H groups in total. The van der Waals surface area contributed by atoms with Crippen LogP contribution in [0.2, 0.25) is 0 Å². The van der Waals surface area contributed by atoms with Gasteiger partial charge < -0.3 is 10.2 Å². The lowest BCUT2D eigenvalue weighted by Gasteiger charge is -2.33. The third-order valence-corrected chi connectivity index (χ3v) is 5.50. The van der Waals surface area contributed by atoms with Crippen LogP contribution < -0.4 is 5.32 Å². The van der Waals surface area contributed by atoms with Gasteiger partial charge in [0.2, 0.25) is 0 Å². The second-order valence-electron chi connectivity index (χ2n) is 7.47. The molecule has 3 atom stereocenters. The van der Waals surface area contributed by atoms with Gasteiger partial charge in [-0.05, 0) is 44.6 Å². The Morgan fingerprint density at radius 2 is 1.91 bits per heavy atom. The summed E-state index contributed by atoms with van der Waals surface area (Å²) in [6.07, 6.45) is 3.89. The number of hydrogen-bond acceptors (Lipinski definition) is 1. The molecule has 3 nitrogen and oxygen atoms in total. The number of carbonyl (C=O) groups is 1. The molecule has 1 aromatic carbocycles. The first-order chi connectivity index (χ1) is 11.0. The van der Waals surface area contributed by atoms with E-state index in [1.807, 2.05) is 23.1 Å². The van der Waals surface area contributed by atoms with Crippen LogP contribution in [-0.2, 0) is 11.3 Å². The van der Waals surface area contributed by atoms with Crippen LogP contribution in [-0.4, -0.2) is 29.4 Å². The highest BCUT2D eigenvalue weighted by molar-refractivity contribution is 5.77. The minimum Gasteiger partial charge on any atom is -0.336 e. The number of benzene rings is 1. The quantitative estimate of drug-likeness (QED) is 0.860. The van der Waals surface area contributed by atoms with E-state index >= 15 is 0 Å². The Labute approximate surface area is 141 Å². The van der Waals surface area contributed by atoms with Crippen LogP contribution in [0.1, 0.15) is 52.5 Å². The monoisotopic (exact) mass is 317 g/mol. The Balaban J connectivity index is 1.91. The van der Waals surface area contributed by atoms with Crippen molar-refractivity contribution in [2.75, 3.05) is 6.54 Å². The molecule has 0 aliphatic heterocycles. The third-order valence-electron chi connectivity index (χ3n) is 5.50. The summed E-state index contributed by atoms with van der Waals surface area (Å²) >= 11 is 0. The van der Waals surface area contributed by atoms with Gasteiger partial charge in [0.25, 0.3) is 5.91 Å². The van der Waals surface area contributed by atoms with Gasteiger partial charge in [-0.3, -0.25) is 4.79 Å². The van der Waals surface area contributed by atoms with E-state index in [4.69, 9.17) is 0 Å². The van der Waals surface area contributed by atoms with Crippen molar-refractivity contribution in [3.8, 4) is 0 Å². The SMILES string of the molecule is CC(C)N(Cc1ccccc1)C(=O)C[NH2+][C@@H]1CCC[C@H](C)[C@H]1C. The Hall–Kier alpha value is -1.35. The topological polar surface area (TPSA) is 36.9 Å². The van der Waals surface area contributed by atoms with Crippen molar-refractivity contribution in [3.05, 3.63) is 35.9 Å². The van der Waals surface area contributed by atoms with Crippen LogP contribution in [0.3, 0.4) is 0 Å². The summed E-state index contributed by atoms with van der Waals surface area (Å²) < 4.78 is 0. The van der Waals surface area contributed by atoms with Gasteiger partial charge in [0.05, 0.1) is 6.04 Å². The van der Waals surface area contributed by atoms with Crippen LogP contribution >= 0.6 is 0 Å². The van der Waals surface area contributed by atoms with Crippen LogP contribution in [0.15, 0.2) is 30.3 Å². The van der Waals surface area contributed by atoms with Crippen LogP contribution in [0.25, 0.3) is 0 Å². The first-order valence-corrected chi connectivity index (χ1v) is 9.15. The van der Waals surface area contributed by atoms with Crippen LogP contribution in [0, 0.1) is 11.8 Å². The van der Waals surface area contributed by atoms with E-state index in [0.29, 0.717) is 25.0 Å². The zero-order valence-corrected chi connectivity index (χ0v) is 15.2. The smallest absolute Gasteiger partial charge is 0.278 e. The lowest BCUT2D eigenvalue weighted by Crippen LogP contribution is -2.93. The van der Waals surface area contributed by atoms with Crippen LogP contribution in [0.4, 0.5) is 0 Å². The molecular weight excluding hydrogens is 284 g/mol. The average Bonchev–Trinajstić information content (AvgIpc) is 2.54.